The normalized spacial score (nSPS) is 14.9. The topological polar surface area (TPSA) is 96.0 Å². The van der Waals surface area contributed by atoms with Gasteiger partial charge in [-0.15, -0.1) is 0 Å². The van der Waals surface area contributed by atoms with E-state index in [-0.39, 0.29) is 30.6 Å². The number of benzene rings is 1. The number of aryl methyl sites for hydroxylation is 1. The van der Waals surface area contributed by atoms with Gasteiger partial charge in [0.2, 0.25) is 11.8 Å². The van der Waals surface area contributed by atoms with Gasteiger partial charge >= 0.3 is 5.97 Å². The van der Waals surface area contributed by atoms with Crippen molar-refractivity contribution in [3.8, 4) is 0 Å². The molecule has 0 aromatic heterocycles. The van der Waals surface area contributed by atoms with Crippen LogP contribution in [-0.4, -0.2) is 65.8 Å². The first-order chi connectivity index (χ1) is 13.8. The molecule has 0 bridgehead atoms. The van der Waals surface area contributed by atoms with E-state index >= 15 is 0 Å². The Hall–Kier alpha value is -2.90. The summed E-state index contributed by atoms with van der Waals surface area (Å²) in [4.78, 5) is 50.9. The fraction of sp³-hybridized carbons (Fsp3) is 0.524. The summed E-state index contributed by atoms with van der Waals surface area (Å²) in [6.45, 7) is 7.28. The third-order valence-electron chi connectivity index (χ3n) is 4.89. The standard InChI is InChI=1S/C21H29N3O5/c1-15-4-6-18(7-5-15)14-22-21(28)16(2)29-20(27)9-8-19(26)24-12-10-23(11-13-24)17(3)25/h4-7,16H,8-14H2,1-3H3,(H,22,28)/t16-/m1/s1. The minimum absolute atomic E-state index is 0.00433. The molecule has 1 aromatic carbocycles. The maximum atomic E-state index is 12.2. The third kappa shape index (κ3) is 7.21. The summed E-state index contributed by atoms with van der Waals surface area (Å²) in [7, 11) is 0. The van der Waals surface area contributed by atoms with Gasteiger partial charge in [-0.1, -0.05) is 29.8 Å². The van der Waals surface area contributed by atoms with Gasteiger partial charge in [0.15, 0.2) is 6.10 Å². The summed E-state index contributed by atoms with van der Waals surface area (Å²) in [6, 6.07) is 7.77. The Balaban J connectivity index is 1.67. The first-order valence-electron chi connectivity index (χ1n) is 9.82. The largest absolute Gasteiger partial charge is 0.453 e. The Labute approximate surface area is 171 Å². The molecule has 1 aromatic rings. The van der Waals surface area contributed by atoms with Gasteiger partial charge in [-0.3, -0.25) is 19.2 Å². The van der Waals surface area contributed by atoms with E-state index in [0.29, 0.717) is 32.7 Å². The van der Waals surface area contributed by atoms with Crippen molar-refractivity contribution in [3.63, 3.8) is 0 Å². The van der Waals surface area contributed by atoms with Crippen LogP contribution in [0, 0.1) is 6.92 Å². The minimum atomic E-state index is -0.929. The molecule has 1 aliphatic heterocycles. The molecule has 29 heavy (non-hydrogen) atoms. The van der Waals surface area contributed by atoms with Crippen molar-refractivity contribution in [3.05, 3.63) is 35.4 Å². The van der Waals surface area contributed by atoms with E-state index in [0.717, 1.165) is 11.1 Å². The number of amides is 3. The molecule has 0 saturated carbocycles. The molecule has 0 aliphatic carbocycles. The molecule has 8 heteroatoms. The van der Waals surface area contributed by atoms with Crippen LogP contribution in [0.3, 0.4) is 0 Å². The van der Waals surface area contributed by atoms with E-state index in [4.69, 9.17) is 4.74 Å². The second kappa shape index (κ2) is 10.6. The molecule has 0 spiro atoms. The molecular weight excluding hydrogens is 374 g/mol. The van der Waals surface area contributed by atoms with Crippen molar-refractivity contribution in [2.24, 2.45) is 0 Å². The molecule has 0 unspecified atom stereocenters. The smallest absolute Gasteiger partial charge is 0.307 e. The lowest BCUT2D eigenvalue weighted by atomic mass is 10.1. The number of hydrogen-bond donors (Lipinski definition) is 1. The number of carbonyl (C=O) groups is 4. The molecule has 1 fully saturated rings. The fourth-order valence-electron chi connectivity index (χ4n) is 2.99. The van der Waals surface area contributed by atoms with Crippen molar-refractivity contribution in [2.45, 2.75) is 46.3 Å². The highest BCUT2D eigenvalue weighted by Crippen LogP contribution is 2.07. The molecule has 1 atom stereocenters. The number of nitrogens with one attached hydrogen (secondary N) is 1. The fourth-order valence-corrected chi connectivity index (χ4v) is 2.99. The van der Waals surface area contributed by atoms with Gasteiger partial charge in [0.25, 0.3) is 5.91 Å². The van der Waals surface area contributed by atoms with Crippen molar-refractivity contribution < 1.29 is 23.9 Å². The van der Waals surface area contributed by atoms with Gasteiger partial charge in [0, 0.05) is 46.1 Å². The summed E-state index contributed by atoms with van der Waals surface area (Å²) in [5, 5.41) is 2.73. The van der Waals surface area contributed by atoms with Crippen LogP contribution in [0.15, 0.2) is 24.3 Å². The second-order valence-electron chi connectivity index (χ2n) is 7.22. The Morgan fingerprint density at radius 3 is 2.17 bits per heavy atom. The zero-order chi connectivity index (χ0) is 21.4. The number of piperazine rings is 1. The number of hydrogen-bond acceptors (Lipinski definition) is 5. The SMILES string of the molecule is CC(=O)N1CCN(C(=O)CCC(=O)O[C@H](C)C(=O)NCc2ccc(C)cc2)CC1. The van der Waals surface area contributed by atoms with Gasteiger partial charge in [0.05, 0.1) is 6.42 Å². The number of esters is 1. The summed E-state index contributed by atoms with van der Waals surface area (Å²) in [5.74, 6) is -1.12. The quantitative estimate of drug-likeness (QED) is 0.686. The van der Waals surface area contributed by atoms with Crippen LogP contribution in [0.25, 0.3) is 0 Å². The molecule has 0 radical (unpaired) electrons. The summed E-state index contributed by atoms with van der Waals surface area (Å²) in [5.41, 5.74) is 2.09. The van der Waals surface area contributed by atoms with E-state index in [9.17, 15) is 19.2 Å². The monoisotopic (exact) mass is 403 g/mol. The average Bonchev–Trinajstić information content (AvgIpc) is 2.71. The highest BCUT2D eigenvalue weighted by Gasteiger charge is 2.23. The van der Waals surface area contributed by atoms with Crippen LogP contribution in [0.1, 0.15) is 37.8 Å². The number of carbonyl (C=O) groups excluding carboxylic acids is 4. The zero-order valence-electron chi connectivity index (χ0n) is 17.3. The van der Waals surface area contributed by atoms with Crippen LogP contribution in [0.5, 0.6) is 0 Å². The van der Waals surface area contributed by atoms with Crippen LogP contribution in [0.2, 0.25) is 0 Å². The maximum Gasteiger partial charge on any atom is 0.307 e. The summed E-state index contributed by atoms with van der Waals surface area (Å²) < 4.78 is 5.13. The first-order valence-corrected chi connectivity index (χ1v) is 9.82. The lowest BCUT2D eigenvalue weighted by Gasteiger charge is -2.34. The van der Waals surface area contributed by atoms with Gasteiger partial charge < -0.3 is 19.9 Å². The lowest BCUT2D eigenvalue weighted by molar-refractivity contribution is -0.156. The van der Waals surface area contributed by atoms with Crippen LogP contribution in [-0.2, 0) is 30.5 Å². The van der Waals surface area contributed by atoms with Gasteiger partial charge in [-0.05, 0) is 19.4 Å². The molecule has 3 amide bonds. The molecule has 1 aliphatic rings. The molecule has 2 rings (SSSR count). The summed E-state index contributed by atoms with van der Waals surface area (Å²) >= 11 is 0. The van der Waals surface area contributed by atoms with E-state index in [2.05, 4.69) is 5.32 Å². The van der Waals surface area contributed by atoms with E-state index in [1.165, 1.54) is 13.8 Å². The van der Waals surface area contributed by atoms with Gasteiger partial charge in [-0.2, -0.15) is 0 Å². The predicted molar refractivity (Wildman–Crippen MR) is 107 cm³/mol. The molecule has 1 saturated heterocycles. The van der Waals surface area contributed by atoms with Crippen LogP contribution >= 0.6 is 0 Å². The number of nitrogens with zero attached hydrogens (tertiary/aromatic N) is 2. The molecular formula is C21H29N3O5. The lowest BCUT2D eigenvalue weighted by Crippen LogP contribution is -2.50. The highest BCUT2D eigenvalue weighted by atomic mass is 16.5. The third-order valence-corrected chi connectivity index (χ3v) is 4.89. The number of rotatable bonds is 7. The van der Waals surface area contributed by atoms with E-state index in [1.807, 2.05) is 31.2 Å². The van der Waals surface area contributed by atoms with Crippen LogP contribution < -0.4 is 5.32 Å². The first kappa shape index (κ1) is 22.4. The van der Waals surface area contributed by atoms with Crippen molar-refractivity contribution in [2.75, 3.05) is 26.2 Å². The second-order valence-corrected chi connectivity index (χ2v) is 7.22. The van der Waals surface area contributed by atoms with E-state index < -0.39 is 12.1 Å². The Morgan fingerprint density at radius 2 is 1.59 bits per heavy atom. The Kier molecular flexibility index (Phi) is 8.18. The maximum absolute atomic E-state index is 12.2. The minimum Gasteiger partial charge on any atom is -0.453 e. The van der Waals surface area contributed by atoms with Crippen molar-refractivity contribution in [1.29, 1.82) is 0 Å². The number of ether oxygens (including phenoxy) is 1. The predicted octanol–water partition coefficient (Wildman–Crippen LogP) is 1.01. The summed E-state index contributed by atoms with van der Waals surface area (Å²) in [6.07, 6.45) is -0.986. The Morgan fingerprint density at radius 1 is 1.00 bits per heavy atom. The van der Waals surface area contributed by atoms with Crippen LogP contribution in [0.4, 0.5) is 0 Å². The van der Waals surface area contributed by atoms with Crippen molar-refractivity contribution in [1.82, 2.24) is 15.1 Å². The Bertz CT molecular complexity index is 739. The molecule has 1 N–H and O–H groups in total. The van der Waals surface area contributed by atoms with Gasteiger partial charge in [0.1, 0.15) is 0 Å². The van der Waals surface area contributed by atoms with Crippen molar-refractivity contribution >= 4 is 23.7 Å². The zero-order valence-corrected chi connectivity index (χ0v) is 17.3. The van der Waals surface area contributed by atoms with E-state index in [1.54, 1.807) is 9.80 Å². The molecule has 158 valence electrons. The highest BCUT2D eigenvalue weighted by molar-refractivity contribution is 5.85. The average molecular weight is 403 g/mol. The van der Waals surface area contributed by atoms with Gasteiger partial charge in [-0.25, -0.2) is 0 Å². The molecule has 1 heterocycles. The molecule has 8 nitrogen and oxygen atoms in total.